The van der Waals surface area contributed by atoms with Crippen molar-refractivity contribution < 1.29 is 4.42 Å². The fourth-order valence-electron chi connectivity index (χ4n) is 2.32. The lowest BCUT2D eigenvalue weighted by atomic mass is 10.1. The molecule has 2 aromatic heterocycles. The lowest BCUT2D eigenvalue weighted by Gasteiger charge is -2.02. The number of aromatic nitrogens is 2. The van der Waals surface area contributed by atoms with E-state index >= 15 is 0 Å². The van der Waals surface area contributed by atoms with Gasteiger partial charge in [-0.2, -0.15) is 15.6 Å². The van der Waals surface area contributed by atoms with E-state index in [1.165, 1.54) is 4.68 Å². The Balaban J connectivity index is 2.16. The van der Waals surface area contributed by atoms with Gasteiger partial charge in [-0.1, -0.05) is 18.2 Å². The summed E-state index contributed by atoms with van der Waals surface area (Å²) in [4.78, 5) is 0. The van der Waals surface area contributed by atoms with Crippen molar-refractivity contribution in [1.82, 2.24) is 9.78 Å². The van der Waals surface area contributed by atoms with E-state index < -0.39 is 0 Å². The molecule has 0 spiro atoms. The molecule has 0 fully saturated rings. The molecule has 2 heterocycles. The number of furan rings is 1. The molecular weight excluding hydrogens is 302 g/mol. The van der Waals surface area contributed by atoms with E-state index in [4.69, 9.17) is 10.2 Å². The van der Waals surface area contributed by atoms with E-state index in [-0.39, 0.29) is 22.6 Å². The monoisotopic (exact) mass is 315 g/mol. The largest absolute Gasteiger partial charge is 0.462 e. The maximum Gasteiger partial charge on any atom is 0.145 e. The second-order valence-corrected chi connectivity index (χ2v) is 5.09. The molecule has 0 aliphatic heterocycles. The molecule has 0 saturated carbocycles. The summed E-state index contributed by atoms with van der Waals surface area (Å²) < 4.78 is 6.91. The molecule has 116 valence electrons. The predicted molar refractivity (Wildman–Crippen MR) is 89.6 cm³/mol. The third kappa shape index (κ3) is 2.65. The van der Waals surface area contributed by atoms with Crippen LogP contribution in [0.1, 0.15) is 22.8 Å². The van der Waals surface area contributed by atoms with Crippen LogP contribution in [0.4, 0.5) is 5.82 Å². The SMILES string of the molecule is Cc1ccc(/C=C(\C#N)c2nn(-c3ccccc3)c(N)c2C#N)o1. The number of anilines is 1. The first kappa shape index (κ1) is 15.1. The van der Waals surface area contributed by atoms with Crippen molar-refractivity contribution in [2.45, 2.75) is 6.92 Å². The maximum absolute atomic E-state index is 9.48. The van der Waals surface area contributed by atoms with Crippen molar-refractivity contribution in [3.05, 3.63) is 65.2 Å². The van der Waals surface area contributed by atoms with Crippen LogP contribution in [0.15, 0.2) is 46.9 Å². The highest BCUT2D eigenvalue weighted by atomic mass is 16.3. The quantitative estimate of drug-likeness (QED) is 0.747. The molecule has 0 amide bonds. The molecule has 24 heavy (non-hydrogen) atoms. The second kappa shape index (κ2) is 6.15. The topological polar surface area (TPSA) is 105 Å². The Morgan fingerprint density at radius 3 is 2.54 bits per heavy atom. The molecular formula is C18H13N5O. The van der Waals surface area contributed by atoms with E-state index in [0.717, 1.165) is 5.76 Å². The van der Waals surface area contributed by atoms with Crippen LogP contribution in [0.25, 0.3) is 17.3 Å². The van der Waals surface area contributed by atoms with Gasteiger partial charge in [-0.3, -0.25) is 0 Å². The van der Waals surface area contributed by atoms with Crippen molar-refractivity contribution >= 4 is 17.5 Å². The van der Waals surface area contributed by atoms with Crippen molar-refractivity contribution in [2.75, 3.05) is 5.73 Å². The van der Waals surface area contributed by atoms with Crippen LogP contribution in [0.5, 0.6) is 0 Å². The van der Waals surface area contributed by atoms with E-state index in [9.17, 15) is 10.5 Å². The maximum atomic E-state index is 9.48. The Labute approximate surface area is 138 Å². The molecule has 0 atom stereocenters. The van der Waals surface area contributed by atoms with Crippen molar-refractivity contribution in [2.24, 2.45) is 0 Å². The summed E-state index contributed by atoms with van der Waals surface area (Å²) in [6.45, 7) is 1.81. The highest BCUT2D eigenvalue weighted by Crippen LogP contribution is 2.27. The number of nitrogens with zero attached hydrogens (tertiary/aromatic N) is 4. The average molecular weight is 315 g/mol. The fourth-order valence-corrected chi connectivity index (χ4v) is 2.32. The van der Waals surface area contributed by atoms with Gasteiger partial charge in [0, 0.05) is 6.08 Å². The van der Waals surface area contributed by atoms with Gasteiger partial charge in [-0.25, -0.2) is 4.68 Å². The van der Waals surface area contributed by atoms with Crippen molar-refractivity contribution in [3.63, 3.8) is 0 Å². The number of rotatable bonds is 3. The number of nitriles is 2. The minimum Gasteiger partial charge on any atom is -0.462 e. The normalized spacial score (nSPS) is 11.0. The van der Waals surface area contributed by atoms with Crippen LogP contribution in [0.3, 0.4) is 0 Å². The van der Waals surface area contributed by atoms with E-state index in [1.54, 1.807) is 18.2 Å². The van der Waals surface area contributed by atoms with Gasteiger partial charge < -0.3 is 10.2 Å². The lowest BCUT2D eigenvalue weighted by Crippen LogP contribution is -2.02. The molecule has 0 saturated heterocycles. The molecule has 6 heteroatoms. The summed E-state index contributed by atoms with van der Waals surface area (Å²) in [6, 6.07) is 16.8. The third-order valence-electron chi connectivity index (χ3n) is 3.46. The summed E-state index contributed by atoms with van der Waals surface area (Å²) in [5, 5.41) is 23.3. The number of nitrogens with two attached hydrogens (primary N) is 1. The van der Waals surface area contributed by atoms with Gasteiger partial charge in [0.1, 0.15) is 40.7 Å². The number of allylic oxidation sites excluding steroid dienone is 1. The smallest absolute Gasteiger partial charge is 0.145 e. The van der Waals surface area contributed by atoms with Crippen LogP contribution >= 0.6 is 0 Å². The zero-order valence-corrected chi connectivity index (χ0v) is 12.9. The minimum atomic E-state index is 0.162. The van der Waals surface area contributed by atoms with Gasteiger partial charge in [-0.05, 0) is 31.2 Å². The van der Waals surface area contributed by atoms with Crippen LogP contribution < -0.4 is 5.73 Å². The number of para-hydroxylation sites is 1. The number of benzene rings is 1. The highest BCUT2D eigenvalue weighted by molar-refractivity contribution is 5.90. The first-order chi connectivity index (χ1) is 11.6. The zero-order valence-electron chi connectivity index (χ0n) is 12.9. The number of aryl methyl sites for hydroxylation is 1. The molecule has 3 rings (SSSR count). The van der Waals surface area contributed by atoms with Gasteiger partial charge in [0.15, 0.2) is 0 Å². The standard InChI is InChI=1S/C18H13N5O/c1-12-7-8-15(24-12)9-13(10-19)17-16(11-20)18(21)23(22-17)14-5-3-2-4-6-14/h2-9H,21H2,1H3/b13-9+. The first-order valence-corrected chi connectivity index (χ1v) is 7.16. The molecule has 0 radical (unpaired) electrons. The van der Waals surface area contributed by atoms with Crippen molar-refractivity contribution in [1.29, 1.82) is 10.5 Å². The van der Waals surface area contributed by atoms with Gasteiger partial charge in [0.25, 0.3) is 0 Å². The predicted octanol–water partition coefficient (Wildman–Crippen LogP) is 3.29. The van der Waals surface area contributed by atoms with E-state index in [2.05, 4.69) is 11.2 Å². The lowest BCUT2D eigenvalue weighted by molar-refractivity contribution is 0.525. The molecule has 2 N–H and O–H groups in total. The van der Waals surface area contributed by atoms with Gasteiger partial charge >= 0.3 is 0 Å². The molecule has 0 aliphatic rings. The Morgan fingerprint density at radius 1 is 1.21 bits per heavy atom. The Hall–Kier alpha value is -3.77. The third-order valence-corrected chi connectivity index (χ3v) is 3.46. The number of hydrogen-bond acceptors (Lipinski definition) is 5. The summed E-state index contributed by atoms with van der Waals surface area (Å²) in [6.07, 6.45) is 1.55. The minimum absolute atomic E-state index is 0.162. The van der Waals surface area contributed by atoms with Crippen LogP contribution in [0, 0.1) is 29.6 Å². The van der Waals surface area contributed by atoms with Crippen molar-refractivity contribution in [3.8, 4) is 17.8 Å². The van der Waals surface area contributed by atoms with Crippen LogP contribution in [0.2, 0.25) is 0 Å². The number of nitrogen functional groups attached to an aromatic ring is 1. The Bertz CT molecular complexity index is 996. The molecule has 3 aromatic rings. The molecule has 0 bridgehead atoms. The summed E-state index contributed by atoms with van der Waals surface area (Å²) in [5.74, 6) is 1.43. The molecule has 0 unspecified atom stereocenters. The van der Waals surface area contributed by atoms with E-state index in [1.807, 2.05) is 43.3 Å². The Morgan fingerprint density at radius 2 is 1.96 bits per heavy atom. The highest BCUT2D eigenvalue weighted by Gasteiger charge is 2.20. The molecule has 1 aromatic carbocycles. The van der Waals surface area contributed by atoms with Gasteiger partial charge in [0.05, 0.1) is 11.3 Å². The molecule has 0 aliphatic carbocycles. The summed E-state index contributed by atoms with van der Waals surface area (Å²) in [7, 11) is 0. The second-order valence-electron chi connectivity index (χ2n) is 5.09. The number of hydrogen-bond donors (Lipinski definition) is 1. The average Bonchev–Trinajstić information content (AvgIpc) is 3.16. The van der Waals surface area contributed by atoms with Gasteiger partial charge in [0.2, 0.25) is 0 Å². The molecule has 6 nitrogen and oxygen atoms in total. The Kier molecular flexibility index (Phi) is 3.88. The van der Waals surface area contributed by atoms with E-state index in [0.29, 0.717) is 11.4 Å². The zero-order chi connectivity index (χ0) is 17.1. The fraction of sp³-hybridized carbons (Fsp3) is 0.0556. The summed E-state index contributed by atoms with van der Waals surface area (Å²) in [5.41, 5.74) is 7.37. The van der Waals surface area contributed by atoms with Crippen LogP contribution in [-0.2, 0) is 0 Å². The summed E-state index contributed by atoms with van der Waals surface area (Å²) >= 11 is 0. The van der Waals surface area contributed by atoms with Gasteiger partial charge in [-0.15, -0.1) is 0 Å². The first-order valence-electron chi connectivity index (χ1n) is 7.16. The van der Waals surface area contributed by atoms with Crippen LogP contribution in [-0.4, -0.2) is 9.78 Å².